The Morgan fingerprint density at radius 1 is 1.15 bits per heavy atom. The van der Waals surface area contributed by atoms with Crippen molar-refractivity contribution in [3.05, 3.63) is 24.3 Å². The second-order valence-corrected chi connectivity index (χ2v) is 7.60. The summed E-state index contributed by atoms with van der Waals surface area (Å²) in [6.45, 7) is 2.78. The minimum Gasteiger partial charge on any atom is -0.476 e. The summed E-state index contributed by atoms with van der Waals surface area (Å²) in [6, 6.07) is 7.18. The summed E-state index contributed by atoms with van der Waals surface area (Å²) in [5.41, 5.74) is 0.632. The van der Waals surface area contributed by atoms with E-state index in [1.807, 2.05) is 12.1 Å². The second-order valence-electron chi connectivity index (χ2n) is 6.55. The number of hydrogen-bond acceptors (Lipinski definition) is 6. The number of anilines is 1. The molecule has 3 aliphatic rings. The highest BCUT2D eigenvalue weighted by Crippen LogP contribution is 2.34. The van der Waals surface area contributed by atoms with Gasteiger partial charge in [0, 0.05) is 25.4 Å². The van der Waals surface area contributed by atoms with Gasteiger partial charge in [0.15, 0.2) is 6.10 Å². The number of hydrogen-bond donors (Lipinski definition) is 0. The molecule has 0 saturated carbocycles. The third kappa shape index (κ3) is 3.74. The Morgan fingerprint density at radius 2 is 1.93 bits per heavy atom. The normalized spacial score (nSPS) is 22.4. The molecule has 0 aromatic heterocycles. The van der Waals surface area contributed by atoms with Crippen LogP contribution in [0.25, 0.3) is 0 Å². The Kier molecular flexibility index (Phi) is 5.22. The lowest BCUT2D eigenvalue weighted by Gasteiger charge is -2.37. The van der Waals surface area contributed by atoms with Gasteiger partial charge in [-0.15, -0.1) is 0 Å². The maximum Gasteiger partial charge on any atom is 0.282 e. The number of carbonyl (C=O) groups is 3. The van der Waals surface area contributed by atoms with Gasteiger partial charge in [-0.3, -0.25) is 14.4 Å². The van der Waals surface area contributed by atoms with Gasteiger partial charge in [-0.2, -0.15) is 0 Å². The summed E-state index contributed by atoms with van der Waals surface area (Å²) in [5, 5.41) is -0.0779. The third-order valence-electron chi connectivity index (χ3n) is 4.84. The Labute approximate surface area is 161 Å². The van der Waals surface area contributed by atoms with Crippen molar-refractivity contribution in [2.75, 3.05) is 56.6 Å². The van der Waals surface area contributed by atoms with E-state index in [-0.39, 0.29) is 30.1 Å². The van der Waals surface area contributed by atoms with E-state index in [9.17, 15) is 14.4 Å². The fourth-order valence-electron chi connectivity index (χ4n) is 3.40. The maximum absolute atomic E-state index is 12.9. The second kappa shape index (κ2) is 7.77. The van der Waals surface area contributed by atoms with E-state index in [2.05, 4.69) is 0 Å². The highest BCUT2D eigenvalue weighted by Gasteiger charge is 2.37. The van der Waals surface area contributed by atoms with Crippen LogP contribution in [-0.2, 0) is 14.3 Å². The van der Waals surface area contributed by atoms with E-state index < -0.39 is 6.10 Å². The van der Waals surface area contributed by atoms with Crippen molar-refractivity contribution in [3.63, 3.8) is 0 Å². The molecule has 0 radical (unpaired) electrons. The summed E-state index contributed by atoms with van der Waals surface area (Å²) in [6.07, 6.45) is -0.759. The lowest BCUT2D eigenvalue weighted by Crippen LogP contribution is -2.55. The topological polar surface area (TPSA) is 79.4 Å². The first-order chi connectivity index (χ1) is 13.1. The van der Waals surface area contributed by atoms with Crippen molar-refractivity contribution in [3.8, 4) is 5.75 Å². The number of para-hydroxylation sites is 2. The summed E-state index contributed by atoms with van der Waals surface area (Å²) < 4.78 is 11.2. The standard InChI is InChI=1S/C18H21N3O5S/c22-16(12-20-7-10-27-18(20)24)21-11-15(17(23)19-5-8-25-9-6-19)26-14-4-2-1-3-13(14)21/h1-4,15H,5-12H2/t15-/m0/s1. The van der Waals surface area contributed by atoms with Gasteiger partial charge >= 0.3 is 0 Å². The molecule has 3 aliphatic heterocycles. The summed E-state index contributed by atoms with van der Waals surface area (Å²) in [7, 11) is 0. The molecule has 0 aliphatic carbocycles. The van der Waals surface area contributed by atoms with Gasteiger partial charge in [0.25, 0.3) is 11.1 Å². The monoisotopic (exact) mass is 391 g/mol. The number of thioether (sulfide) groups is 1. The number of morpholine rings is 1. The molecule has 0 spiro atoms. The molecule has 1 atom stereocenters. The number of nitrogens with zero attached hydrogens (tertiary/aromatic N) is 3. The van der Waals surface area contributed by atoms with E-state index >= 15 is 0 Å². The fraction of sp³-hybridized carbons (Fsp3) is 0.500. The van der Waals surface area contributed by atoms with E-state index in [1.54, 1.807) is 26.8 Å². The smallest absolute Gasteiger partial charge is 0.282 e. The highest BCUT2D eigenvalue weighted by molar-refractivity contribution is 8.13. The van der Waals surface area contributed by atoms with Gasteiger partial charge in [0.1, 0.15) is 12.3 Å². The van der Waals surface area contributed by atoms with Crippen LogP contribution in [0.15, 0.2) is 24.3 Å². The Hall–Kier alpha value is -2.26. The van der Waals surface area contributed by atoms with Crippen LogP contribution < -0.4 is 9.64 Å². The van der Waals surface area contributed by atoms with Crippen LogP contribution in [0.5, 0.6) is 5.75 Å². The van der Waals surface area contributed by atoms with Crippen molar-refractivity contribution in [1.29, 1.82) is 0 Å². The molecule has 4 rings (SSSR count). The molecule has 0 N–H and O–H groups in total. The number of benzene rings is 1. The van der Waals surface area contributed by atoms with E-state index in [1.165, 1.54) is 11.8 Å². The zero-order valence-corrected chi connectivity index (χ0v) is 15.7. The minimum atomic E-state index is -0.759. The number of fused-ring (bicyclic) bond motifs is 1. The predicted octanol–water partition coefficient (Wildman–Crippen LogP) is 0.808. The van der Waals surface area contributed by atoms with Gasteiger partial charge in [-0.05, 0) is 12.1 Å². The predicted molar refractivity (Wildman–Crippen MR) is 100 cm³/mol. The van der Waals surface area contributed by atoms with Crippen LogP contribution in [0, 0.1) is 0 Å². The molecule has 3 heterocycles. The quantitative estimate of drug-likeness (QED) is 0.759. The number of amides is 3. The highest BCUT2D eigenvalue weighted by atomic mass is 32.2. The SMILES string of the molecule is O=C1SCCN1CC(=O)N1C[C@@H](C(=O)N2CCOCC2)Oc2ccccc21. The molecule has 27 heavy (non-hydrogen) atoms. The van der Waals surface area contributed by atoms with E-state index in [0.717, 1.165) is 0 Å². The molecule has 1 aromatic carbocycles. The third-order valence-corrected chi connectivity index (χ3v) is 5.74. The summed E-state index contributed by atoms with van der Waals surface area (Å²) in [5.74, 6) is 0.856. The van der Waals surface area contributed by atoms with Crippen LogP contribution in [0.2, 0.25) is 0 Å². The van der Waals surface area contributed by atoms with Crippen molar-refractivity contribution < 1.29 is 23.9 Å². The van der Waals surface area contributed by atoms with Gasteiger partial charge in [0.05, 0.1) is 25.4 Å². The minimum absolute atomic E-state index is 0.0125. The van der Waals surface area contributed by atoms with Crippen molar-refractivity contribution in [1.82, 2.24) is 9.80 Å². The molecular weight excluding hydrogens is 370 g/mol. The molecule has 144 valence electrons. The van der Waals surface area contributed by atoms with Crippen LogP contribution in [0.4, 0.5) is 10.5 Å². The van der Waals surface area contributed by atoms with Crippen LogP contribution in [-0.4, -0.2) is 84.6 Å². The van der Waals surface area contributed by atoms with Gasteiger partial charge in [-0.25, -0.2) is 0 Å². The molecule has 3 amide bonds. The van der Waals surface area contributed by atoms with Gasteiger partial charge in [-0.1, -0.05) is 23.9 Å². The van der Waals surface area contributed by atoms with Crippen molar-refractivity contribution in [2.45, 2.75) is 6.10 Å². The number of rotatable bonds is 3. The molecule has 1 aromatic rings. The average molecular weight is 391 g/mol. The average Bonchev–Trinajstić information content (AvgIpc) is 3.11. The first-order valence-electron chi connectivity index (χ1n) is 8.98. The number of ether oxygens (including phenoxy) is 2. The zero-order chi connectivity index (χ0) is 18.8. The Morgan fingerprint density at radius 3 is 2.67 bits per heavy atom. The van der Waals surface area contributed by atoms with E-state index in [0.29, 0.717) is 50.0 Å². The Balaban J connectivity index is 1.53. The van der Waals surface area contributed by atoms with Gasteiger partial charge in [0.2, 0.25) is 5.91 Å². The first kappa shape index (κ1) is 18.1. The lowest BCUT2D eigenvalue weighted by atomic mass is 10.1. The van der Waals surface area contributed by atoms with Crippen LogP contribution >= 0.6 is 11.8 Å². The molecule has 0 bridgehead atoms. The molecule has 2 saturated heterocycles. The summed E-state index contributed by atoms with van der Waals surface area (Å²) >= 11 is 1.22. The van der Waals surface area contributed by atoms with Crippen molar-refractivity contribution in [2.24, 2.45) is 0 Å². The summed E-state index contributed by atoms with van der Waals surface area (Å²) in [4.78, 5) is 42.5. The maximum atomic E-state index is 12.9. The van der Waals surface area contributed by atoms with Gasteiger partial charge < -0.3 is 24.2 Å². The largest absolute Gasteiger partial charge is 0.476 e. The van der Waals surface area contributed by atoms with Crippen LogP contribution in [0.3, 0.4) is 0 Å². The van der Waals surface area contributed by atoms with Crippen molar-refractivity contribution >= 4 is 34.5 Å². The zero-order valence-electron chi connectivity index (χ0n) is 14.8. The lowest BCUT2D eigenvalue weighted by molar-refractivity contribution is -0.142. The molecule has 9 heteroatoms. The number of carbonyl (C=O) groups excluding carboxylic acids is 3. The fourth-order valence-corrected chi connectivity index (χ4v) is 4.23. The molecular formula is C18H21N3O5S. The first-order valence-corrected chi connectivity index (χ1v) is 9.96. The molecule has 8 nitrogen and oxygen atoms in total. The van der Waals surface area contributed by atoms with Crippen LogP contribution in [0.1, 0.15) is 0 Å². The molecule has 2 fully saturated rings. The molecule has 0 unspecified atom stereocenters. The Bertz CT molecular complexity index is 752. The van der Waals surface area contributed by atoms with E-state index in [4.69, 9.17) is 9.47 Å².